The highest BCUT2D eigenvalue weighted by molar-refractivity contribution is 6.05. The number of hydrogen-bond donors (Lipinski definition) is 3. The molecule has 5 aromatic rings. The number of amides is 3. The lowest BCUT2D eigenvalue weighted by molar-refractivity contribution is 0.0794. The van der Waals surface area contributed by atoms with E-state index in [9.17, 15) is 9.59 Å². The van der Waals surface area contributed by atoms with E-state index in [0.29, 0.717) is 59.2 Å². The van der Waals surface area contributed by atoms with Gasteiger partial charge in [0.05, 0.1) is 41.2 Å². The highest BCUT2D eigenvalue weighted by Crippen LogP contribution is 2.30. The minimum absolute atomic E-state index is 0.0583. The Hall–Kier alpha value is -4.91. The van der Waals surface area contributed by atoms with E-state index in [1.54, 1.807) is 42.9 Å². The number of aromatic nitrogens is 7. The Labute approximate surface area is 235 Å². The first-order valence-electron chi connectivity index (χ1n) is 13.5. The van der Waals surface area contributed by atoms with Gasteiger partial charge < -0.3 is 24.8 Å². The van der Waals surface area contributed by atoms with Gasteiger partial charge in [0.2, 0.25) is 0 Å². The molecule has 13 nitrogen and oxygen atoms in total. The summed E-state index contributed by atoms with van der Waals surface area (Å²) in [6.45, 7) is 4.95. The Balaban J connectivity index is 1.28. The predicted octanol–water partition coefficient (Wildman–Crippen LogP) is 3.69. The largest absolute Gasteiger partial charge is 0.380 e. The molecule has 1 aliphatic heterocycles. The smallest absolute Gasteiger partial charge is 0.321 e. The van der Waals surface area contributed by atoms with E-state index < -0.39 is 0 Å². The number of hydrogen-bond acceptors (Lipinski definition) is 8. The van der Waals surface area contributed by atoms with Crippen LogP contribution in [0.2, 0.25) is 0 Å². The van der Waals surface area contributed by atoms with Crippen molar-refractivity contribution in [2.45, 2.75) is 19.8 Å². The molecule has 0 aromatic carbocycles. The van der Waals surface area contributed by atoms with E-state index in [-0.39, 0.29) is 11.9 Å². The average Bonchev–Trinajstić information content (AvgIpc) is 3.76. The monoisotopic (exact) mass is 554 g/mol. The molecule has 0 atom stereocenters. The molecule has 0 saturated carbocycles. The Morgan fingerprint density at radius 1 is 1.07 bits per heavy atom. The van der Waals surface area contributed by atoms with Crippen LogP contribution in [0.1, 0.15) is 30.1 Å². The number of anilines is 1. The van der Waals surface area contributed by atoms with Crippen molar-refractivity contribution in [1.82, 2.24) is 44.9 Å². The molecule has 0 aliphatic carbocycles. The molecule has 3 N–H and O–H groups in total. The molecule has 6 heterocycles. The molecule has 6 rings (SSSR count). The standard InChI is InChI=1S/C28H30N10O3/c1-3-41-9-8-37(2)28(40)32-19-10-17(12-29-14-19)18-11-20-24(35-36-25(20)31-13-18)26-33-22-16-30-15-21(23(22)34-26)27(39)38-6-4-5-7-38/h10-16H,3-9H2,1-2H3,(H,32,40)(H,33,34)(H,31,35,36). The van der Waals surface area contributed by atoms with Crippen LogP contribution in [0.4, 0.5) is 10.5 Å². The lowest BCUT2D eigenvalue weighted by atomic mass is 10.1. The number of ether oxygens (including phenoxy) is 1. The number of nitrogens with one attached hydrogen (secondary N) is 3. The summed E-state index contributed by atoms with van der Waals surface area (Å²) in [4.78, 5) is 50.3. The maximum atomic E-state index is 13.1. The molecule has 0 bridgehead atoms. The molecule has 210 valence electrons. The number of H-pyrrole nitrogens is 2. The van der Waals surface area contributed by atoms with Gasteiger partial charge in [-0.25, -0.2) is 14.8 Å². The van der Waals surface area contributed by atoms with Crippen molar-refractivity contribution in [3.8, 4) is 22.6 Å². The Bertz CT molecular complexity index is 1720. The Kier molecular flexibility index (Phi) is 7.25. The van der Waals surface area contributed by atoms with Gasteiger partial charge in [-0.2, -0.15) is 5.10 Å². The molecular formula is C28H30N10O3. The van der Waals surface area contributed by atoms with E-state index in [1.165, 1.54) is 0 Å². The topological polar surface area (TPSA) is 158 Å². The number of carbonyl (C=O) groups excluding carboxylic acids is 2. The minimum atomic E-state index is -0.253. The number of carbonyl (C=O) groups is 2. The van der Waals surface area contributed by atoms with Crippen molar-refractivity contribution in [3.63, 3.8) is 0 Å². The molecule has 41 heavy (non-hydrogen) atoms. The molecule has 3 amide bonds. The molecule has 1 saturated heterocycles. The first-order valence-corrected chi connectivity index (χ1v) is 13.5. The highest BCUT2D eigenvalue weighted by atomic mass is 16.5. The number of pyridine rings is 3. The SMILES string of the molecule is CCOCCN(C)C(=O)Nc1cncc(-c2cnc3n[nH]c(-c4nc5c(C(=O)N6CCCC6)cncc5[nH]4)c3c2)c1. The van der Waals surface area contributed by atoms with Crippen LogP contribution >= 0.6 is 0 Å². The van der Waals surface area contributed by atoms with Gasteiger partial charge in [-0.15, -0.1) is 0 Å². The number of fused-ring (bicyclic) bond motifs is 2. The van der Waals surface area contributed by atoms with Crippen LogP contribution in [0.3, 0.4) is 0 Å². The maximum absolute atomic E-state index is 13.1. The van der Waals surface area contributed by atoms with Gasteiger partial charge in [0, 0.05) is 63.0 Å². The molecule has 0 spiro atoms. The van der Waals surface area contributed by atoms with Crippen molar-refractivity contribution in [2.75, 3.05) is 45.2 Å². The molecule has 1 fully saturated rings. The van der Waals surface area contributed by atoms with Gasteiger partial charge in [-0.3, -0.25) is 19.9 Å². The normalized spacial score (nSPS) is 13.3. The van der Waals surface area contributed by atoms with Gasteiger partial charge >= 0.3 is 6.03 Å². The summed E-state index contributed by atoms with van der Waals surface area (Å²) < 4.78 is 5.33. The second-order valence-electron chi connectivity index (χ2n) is 9.87. The molecule has 0 unspecified atom stereocenters. The lowest BCUT2D eigenvalue weighted by Crippen LogP contribution is -2.34. The minimum Gasteiger partial charge on any atom is -0.380 e. The van der Waals surface area contributed by atoms with Gasteiger partial charge in [0.25, 0.3) is 5.91 Å². The fourth-order valence-corrected chi connectivity index (χ4v) is 4.87. The summed E-state index contributed by atoms with van der Waals surface area (Å²) >= 11 is 0. The number of rotatable bonds is 8. The van der Waals surface area contributed by atoms with Crippen molar-refractivity contribution in [1.29, 1.82) is 0 Å². The third-order valence-corrected chi connectivity index (χ3v) is 7.11. The van der Waals surface area contributed by atoms with Crippen LogP contribution in [0.15, 0.2) is 43.1 Å². The first-order chi connectivity index (χ1) is 20.0. The van der Waals surface area contributed by atoms with Gasteiger partial charge in [0.1, 0.15) is 11.2 Å². The van der Waals surface area contributed by atoms with E-state index in [0.717, 1.165) is 42.4 Å². The second-order valence-corrected chi connectivity index (χ2v) is 9.87. The summed E-state index contributed by atoms with van der Waals surface area (Å²) in [6, 6.07) is 3.53. The van der Waals surface area contributed by atoms with Gasteiger partial charge in [-0.1, -0.05) is 0 Å². The highest BCUT2D eigenvalue weighted by Gasteiger charge is 2.24. The van der Waals surface area contributed by atoms with Gasteiger partial charge in [-0.05, 0) is 31.9 Å². The molecule has 13 heteroatoms. The summed E-state index contributed by atoms with van der Waals surface area (Å²) in [7, 11) is 1.71. The van der Waals surface area contributed by atoms with Gasteiger partial charge in [0.15, 0.2) is 11.5 Å². The van der Waals surface area contributed by atoms with Crippen LogP contribution in [0, 0.1) is 0 Å². The fourth-order valence-electron chi connectivity index (χ4n) is 4.87. The quantitative estimate of drug-likeness (QED) is 0.245. The summed E-state index contributed by atoms with van der Waals surface area (Å²) in [5.74, 6) is 0.469. The zero-order valence-corrected chi connectivity index (χ0v) is 22.8. The number of likely N-dealkylation sites (N-methyl/N-ethyl adjacent to an activating group) is 1. The number of imidazole rings is 1. The predicted molar refractivity (Wildman–Crippen MR) is 153 cm³/mol. The molecule has 0 radical (unpaired) electrons. The zero-order chi connectivity index (χ0) is 28.3. The molecular weight excluding hydrogens is 524 g/mol. The van der Waals surface area contributed by atoms with Crippen molar-refractivity contribution >= 4 is 39.7 Å². The molecule has 5 aromatic heterocycles. The average molecular weight is 555 g/mol. The van der Waals surface area contributed by atoms with Crippen molar-refractivity contribution in [2.24, 2.45) is 0 Å². The third kappa shape index (κ3) is 5.31. The van der Waals surface area contributed by atoms with Crippen LogP contribution in [0.5, 0.6) is 0 Å². The fraction of sp³-hybridized carbons (Fsp3) is 0.321. The second kappa shape index (κ2) is 11.3. The number of likely N-dealkylation sites (tertiary alicyclic amines) is 1. The summed E-state index contributed by atoms with van der Waals surface area (Å²) in [5.41, 5.74) is 4.98. The number of nitrogens with zero attached hydrogens (tertiary/aromatic N) is 7. The van der Waals surface area contributed by atoms with E-state index in [4.69, 9.17) is 9.72 Å². The summed E-state index contributed by atoms with van der Waals surface area (Å²) in [6.07, 6.45) is 10.3. The van der Waals surface area contributed by atoms with Crippen LogP contribution in [0.25, 0.3) is 44.7 Å². The Morgan fingerprint density at radius 2 is 1.88 bits per heavy atom. The third-order valence-electron chi connectivity index (χ3n) is 7.11. The van der Waals surface area contributed by atoms with E-state index >= 15 is 0 Å². The van der Waals surface area contributed by atoms with Crippen LogP contribution in [-0.4, -0.2) is 96.8 Å². The number of aromatic amines is 2. The lowest BCUT2D eigenvalue weighted by Gasteiger charge is -2.17. The van der Waals surface area contributed by atoms with Crippen LogP contribution < -0.4 is 5.32 Å². The first kappa shape index (κ1) is 26.3. The summed E-state index contributed by atoms with van der Waals surface area (Å²) in [5, 5.41) is 11.0. The van der Waals surface area contributed by atoms with E-state index in [2.05, 4.69) is 35.5 Å². The number of urea groups is 1. The maximum Gasteiger partial charge on any atom is 0.321 e. The van der Waals surface area contributed by atoms with Crippen molar-refractivity contribution < 1.29 is 14.3 Å². The van der Waals surface area contributed by atoms with E-state index in [1.807, 2.05) is 24.0 Å². The Morgan fingerprint density at radius 3 is 2.71 bits per heavy atom. The molecule has 1 aliphatic rings. The van der Waals surface area contributed by atoms with Crippen molar-refractivity contribution in [3.05, 3.63) is 48.7 Å². The zero-order valence-electron chi connectivity index (χ0n) is 22.8. The van der Waals surface area contributed by atoms with Crippen LogP contribution in [-0.2, 0) is 4.74 Å².